The third kappa shape index (κ3) is 5.20. The van der Waals surface area contributed by atoms with Crippen molar-refractivity contribution in [2.45, 2.75) is 13.8 Å². The van der Waals surface area contributed by atoms with Crippen LogP contribution in [0.15, 0.2) is 54.6 Å². The molecule has 1 heterocycles. The Labute approximate surface area is 164 Å². The summed E-state index contributed by atoms with van der Waals surface area (Å²) < 4.78 is 0. The molecule has 3 N–H and O–H groups in total. The van der Waals surface area contributed by atoms with Crippen LogP contribution in [-0.2, 0) is 0 Å². The molecule has 2 aromatic carbocycles. The first-order valence-corrected chi connectivity index (χ1v) is 8.94. The fraction of sp³-hybridized carbons (Fsp3) is 0.190. The maximum absolute atomic E-state index is 12.1. The topological polar surface area (TPSA) is 82.2 Å². The van der Waals surface area contributed by atoms with Gasteiger partial charge in [-0.2, -0.15) is 0 Å². The lowest BCUT2D eigenvalue weighted by atomic mass is 10.2. The van der Waals surface area contributed by atoms with E-state index in [9.17, 15) is 4.79 Å². The number of carbonyl (C=O) groups is 1. The van der Waals surface area contributed by atoms with Crippen molar-refractivity contribution in [2.75, 3.05) is 34.9 Å². The van der Waals surface area contributed by atoms with Crippen molar-refractivity contribution >= 4 is 34.7 Å². The van der Waals surface area contributed by atoms with Gasteiger partial charge in [-0.3, -0.25) is 0 Å². The first-order valence-electron chi connectivity index (χ1n) is 8.94. The Morgan fingerprint density at radius 1 is 0.821 bits per heavy atom. The molecule has 144 valence electrons. The second-order valence-electron chi connectivity index (χ2n) is 6.70. The smallest absolute Gasteiger partial charge is 0.323 e. The van der Waals surface area contributed by atoms with Crippen molar-refractivity contribution in [3.8, 4) is 0 Å². The van der Waals surface area contributed by atoms with Gasteiger partial charge in [0.15, 0.2) is 0 Å². The van der Waals surface area contributed by atoms with Crippen LogP contribution in [0.5, 0.6) is 0 Å². The van der Waals surface area contributed by atoms with Gasteiger partial charge in [-0.1, -0.05) is 17.7 Å². The van der Waals surface area contributed by atoms with E-state index in [0.29, 0.717) is 17.3 Å². The van der Waals surface area contributed by atoms with Crippen LogP contribution in [0.3, 0.4) is 0 Å². The number of aryl methyl sites for hydroxylation is 2. The van der Waals surface area contributed by atoms with Crippen LogP contribution in [0, 0.1) is 13.8 Å². The minimum absolute atomic E-state index is 0.286. The summed E-state index contributed by atoms with van der Waals surface area (Å²) in [5.74, 6) is 2.25. The number of aromatic nitrogens is 2. The number of benzene rings is 2. The number of rotatable bonds is 5. The molecule has 0 unspecified atom stereocenters. The second kappa shape index (κ2) is 8.39. The SMILES string of the molecule is Cc1ccc(NC(=O)Nc2ccc(Nc3cc(N(C)C)nc(C)n3)cc2)cc1. The van der Waals surface area contributed by atoms with Gasteiger partial charge in [-0.25, -0.2) is 14.8 Å². The Bertz CT molecular complexity index is 952. The van der Waals surface area contributed by atoms with E-state index in [1.807, 2.05) is 87.4 Å². The van der Waals surface area contributed by atoms with Gasteiger partial charge in [0, 0.05) is 37.2 Å². The summed E-state index contributed by atoms with van der Waals surface area (Å²) in [4.78, 5) is 22.8. The molecular weight excluding hydrogens is 352 g/mol. The van der Waals surface area contributed by atoms with E-state index in [4.69, 9.17) is 0 Å². The first-order chi connectivity index (χ1) is 13.4. The van der Waals surface area contributed by atoms with Crippen molar-refractivity contribution in [2.24, 2.45) is 0 Å². The highest BCUT2D eigenvalue weighted by Crippen LogP contribution is 2.20. The molecule has 0 aliphatic carbocycles. The van der Waals surface area contributed by atoms with E-state index in [1.54, 1.807) is 0 Å². The van der Waals surface area contributed by atoms with Crippen LogP contribution >= 0.6 is 0 Å². The van der Waals surface area contributed by atoms with Crippen molar-refractivity contribution in [3.05, 3.63) is 66.0 Å². The number of hydrogen-bond acceptors (Lipinski definition) is 5. The average molecular weight is 376 g/mol. The van der Waals surface area contributed by atoms with Gasteiger partial charge in [0.25, 0.3) is 0 Å². The third-order valence-electron chi connectivity index (χ3n) is 4.01. The molecular formula is C21H24N6O. The van der Waals surface area contributed by atoms with Crippen LogP contribution in [0.1, 0.15) is 11.4 Å². The largest absolute Gasteiger partial charge is 0.363 e. The summed E-state index contributed by atoms with van der Waals surface area (Å²) >= 11 is 0. The second-order valence-corrected chi connectivity index (χ2v) is 6.70. The summed E-state index contributed by atoms with van der Waals surface area (Å²) in [5, 5.41) is 8.89. The summed E-state index contributed by atoms with van der Waals surface area (Å²) in [6, 6.07) is 16.7. The van der Waals surface area contributed by atoms with E-state index in [0.717, 1.165) is 22.8 Å². The molecule has 7 nitrogen and oxygen atoms in total. The van der Waals surface area contributed by atoms with Crippen molar-refractivity contribution in [1.82, 2.24) is 9.97 Å². The Hall–Kier alpha value is -3.61. The Kier molecular flexibility index (Phi) is 5.74. The Balaban J connectivity index is 1.62. The summed E-state index contributed by atoms with van der Waals surface area (Å²) in [6.07, 6.45) is 0. The van der Waals surface area contributed by atoms with Gasteiger partial charge < -0.3 is 20.9 Å². The normalized spacial score (nSPS) is 10.3. The maximum atomic E-state index is 12.1. The van der Waals surface area contributed by atoms with Crippen LogP contribution in [-0.4, -0.2) is 30.1 Å². The summed E-state index contributed by atoms with van der Waals surface area (Å²) in [6.45, 7) is 3.86. The van der Waals surface area contributed by atoms with Crippen LogP contribution in [0.25, 0.3) is 0 Å². The van der Waals surface area contributed by atoms with E-state index in [-0.39, 0.29) is 6.03 Å². The highest BCUT2D eigenvalue weighted by molar-refractivity contribution is 5.99. The Morgan fingerprint density at radius 2 is 1.36 bits per heavy atom. The molecule has 0 fully saturated rings. The lowest BCUT2D eigenvalue weighted by Crippen LogP contribution is -2.19. The zero-order chi connectivity index (χ0) is 20.1. The fourth-order valence-electron chi connectivity index (χ4n) is 2.56. The molecule has 0 radical (unpaired) electrons. The van der Waals surface area contributed by atoms with Crippen molar-refractivity contribution < 1.29 is 4.79 Å². The highest BCUT2D eigenvalue weighted by Gasteiger charge is 2.06. The molecule has 0 bridgehead atoms. The lowest BCUT2D eigenvalue weighted by molar-refractivity contribution is 0.262. The molecule has 0 saturated carbocycles. The molecule has 0 saturated heterocycles. The van der Waals surface area contributed by atoms with Gasteiger partial charge in [0.2, 0.25) is 0 Å². The number of nitrogens with one attached hydrogen (secondary N) is 3. The molecule has 3 rings (SSSR count). The fourth-order valence-corrected chi connectivity index (χ4v) is 2.56. The predicted octanol–water partition coefficient (Wildman–Crippen LogP) is 4.55. The van der Waals surface area contributed by atoms with Gasteiger partial charge >= 0.3 is 6.03 Å². The molecule has 0 aliphatic heterocycles. The number of urea groups is 1. The Morgan fingerprint density at radius 3 is 1.93 bits per heavy atom. The molecule has 0 atom stereocenters. The van der Waals surface area contributed by atoms with Crippen LogP contribution in [0.4, 0.5) is 33.5 Å². The van der Waals surface area contributed by atoms with Gasteiger partial charge in [-0.05, 0) is 50.2 Å². The molecule has 0 aliphatic rings. The predicted molar refractivity (Wildman–Crippen MR) is 115 cm³/mol. The van der Waals surface area contributed by atoms with Gasteiger partial charge in [0.05, 0.1) is 0 Å². The van der Waals surface area contributed by atoms with Gasteiger partial charge in [0.1, 0.15) is 17.5 Å². The molecule has 0 spiro atoms. The monoisotopic (exact) mass is 376 g/mol. The maximum Gasteiger partial charge on any atom is 0.323 e. The van der Waals surface area contributed by atoms with E-state index >= 15 is 0 Å². The molecule has 1 aromatic heterocycles. The molecule has 2 amide bonds. The number of amides is 2. The molecule has 3 aromatic rings. The number of anilines is 5. The number of nitrogens with zero attached hydrogens (tertiary/aromatic N) is 3. The highest BCUT2D eigenvalue weighted by atomic mass is 16.2. The zero-order valence-electron chi connectivity index (χ0n) is 16.4. The summed E-state index contributed by atoms with van der Waals surface area (Å²) in [5.41, 5.74) is 3.46. The first kappa shape index (κ1) is 19.2. The molecule has 7 heteroatoms. The number of carbonyl (C=O) groups excluding carboxylic acids is 1. The van der Waals surface area contributed by atoms with Crippen LogP contribution in [0.2, 0.25) is 0 Å². The summed E-state index contributed by atoms with van der Waals surface area (Å²) in [7, 11) is 3.88. The third-order valence-corrected chi connectivity index (χ3v) is 4.01. The minimum atomic E-state index is -0.286. The van der Waals surface area contributed by atoms with Crippen LogP contribution < -0.4 is 20.9 Å². The standard InChI is InChI=1S/C21H24N6O/c1-14-5-7-17(8-6-14)25-21(28)26-18-11-9-16(10-12-18)24-19-13-20(27(3)4)23-15(2)22-19/h5-13H,1-4H3,(H,22,23,24)(H2,25,26,28). The van der Waals surface area contributed by atoms with Crippen molar-refractivity contribution in [1.29, 1.82) is 0 Å². The van der Waals surface area contributed by atoms with Crippen molar-refractivity contribution in [3.63, 3.8) is 0 Å². The minimum Gasteiger partial charge on any atom is -0.363 e. The quantitative estimate of drug-likeness (QED) is 0.609. The zero-order valence-corrected chi connectivity index (χ0v) is 16.4. The van der Waals surface area contributed by atoms with E-state index in [2.05, 4.69) is 25.9 Å². The lowest BCUT2D eigenvalue weighted by Gasteiger charge is -2.14. The van der Waals surface area contributed by atoms with E-state index < -0.39 is 0 Å². The number of hydrogen-bond donors (Lipinski definition) is 3. The van der Waals surface area contributed by atoms with E-state index in [1.165, 1.54) is 0 Å². The average Bonchev–Trinajstić information content (AvgIpc) is 2.65. The van der Waals surface area contributed by atoms with Gasteiger partial charge in [-0.15, -0.1) is 0 Å². The molecule has 28 heavy (non-hydrogen) atoms.